The van der Waals surface area contributed by atoms with Gasteiger partial charge in [-0.1, -0.05) is 150 Å². The number of hydrogen-bond acceptors (Lipinski definition) is 1. The maximum atomic E-state index is 2.96. The van der Waals surface area contributed by atoms with Crippen molar-refractivity contribution in [2.75, 3.05) is 13.1 Å². The summed E-state index contributed by atoms with van der Waals surface area (Å²) in [5, 5.41) is 0. The van der Waals surface area contributed by atoms with Crippen LogP contribution in [0, 0.1) is 0 Å². The van der Waals surface area contributed by atoms with Gasteiger partial charge >= 0.3 is 0 Å². The van der Waals surface area contributed by atoms with Crippen LogP contribution in [0.25, 0.3) is 0 Å². The van der Waals surface area contributed by atoms with Crippen LogP contribution in [0.3, 0.4) is 0 Å². The topological polar surface area (TPSA) is 3.24 Å². The molecule has 0 aliphatic carbocycles. The molecule has 0 saturated heterocycles. The van der Waals surface area contributed by atoms with E-state index in [1.165, 1.54) is 161 Å². The van der Waals surface area contributed by atoms with Gasteiger partial charge in [-0.25, -0.2) is 0 Å². The molecule has 0 amide bonds. The zero-order valence-electron chi connectivity index (χ0n) is 22.7. The average molecular weight is 438 g/mol. The van der Waals surface area contributed by atoms with E-state index in [0.717, 1.165) is 6.04 Å². The van der Waals surface area contributed by atoms with Crippen molar-refractivity contribution in [3.63, 3.8) is 0 Å². The van der Waals surface area contributed by atoms with Gasteiger partial charge in [0.1, 0.15) is 0 Å². The fourth-order valence-corrected chi connectivity index (χ4v) is 4.97. The standard InChI is InChI=1S/C30H63N/c1-5-9-13-16-19-23-27-30(26-22-12-8-4)31(28-24-20-17-14-10-6-2)29-25-21-18-15-11-7-3/h30H,5-29H2,1-4H3. The molecule has 0 aliphatic rings. The van der Waals surface area contributed by atoms with Crippen LogP contribution in [0.1, 0.15) is 175 Å². The third kappa shape index (κ3) is 21.6. The molecule has 0 rings (SSSR count). The summed E-state index contributed by atoms with van der Waals surface area (Å²) in [6.45, 7) is 12.1. The van der Waals surface area contributed by atoms with E-state index in [1.807, 2.05) is 0 Å². The molecule has 0 heterocycles. The second kappa shape index (κ2) is 26.2. The molecule has 1 unspecified atom stereocenters. The molecule has 188 valence electrons. The summed E-state index contributed by atoms with van der Waals surface area (Å²) in [5.74, 6) is 0. The van der Waals surface area contributed by atoms with Crippen molar-refractivity contribution >= 4 is 0 Å². The van der Waals surface area contributed by atoms with E-state index in [2.05, 4.69) is 32.6 Å². The largest absolute Gasteiger partial charge is 0.300 e. The lowest BCUT2D eigenvalue weighted by Crippen LogP contribution is -2.37. The van der Waals surface area contributed by atoms with E-state index < -0.39 is 0 Å². The van der Waals surface area contributed by atoms with Gasteiger partial charge in [0.2, 0.25) is 0 Å². The fourth-order valence-electron chi connectivity index (χ4n) is 4.97. The Morgan fingerprint density at radius 3 is 1.06 bits per heavy atom. The van der Waals surface area contributed by atoms with Gasteiger partial charge in [-0.2, -0.15) is 0 Å². The molecule has 1 heteroatoms. The fraction of sp³-hybridized carbons (Fsp3) is 1.00. The van der Waals surface area contributed by atoms with Crippen LogP contribution in [0.15, 0.2) is 0 Å². The summed E-state index contributed by atoms with van der Waals surface area (Å²) in [6.07, 6.45) is 32.9. The number of hydrogen-bond donors (Lipinski definition) is 0. The van der Waals surface area contributed by atoms with Gasteiger partial charge in [-0.15, -0.1) is 0 Å². The van der Waals surface area contributed by atoms with Crippen LogP contribution in [0.2, 0.25) is 0 Å². The molecule has 1 nitrogen and oxygen atoms in total. The maximum absolute atomic E-state index is 2.96. The second-order valence-corrected chi connectivity index (χ2v) is 10.3. The minimum atomic E-state index is 0.865. The number of rotatable bonds is 26. The first-order chi connectivity index (χ1) is 15.3. The van der Waals surface area contributed by atoms with Crippen molar-refractivity contribution in [1.29, 1.82) is 0 Å². The monoisotopic (exact) mass is 437 g/mol. The second-order valence-electron chi connectivity index (χ2n) is 10.3. The Kier molecular flexibility index (Phi) is 26.2. The first-order valence-electron chi connectivity index (χ1n) is 15.0. The Hall–Kier alpha value is -0.0400. The van der Waals surface area contributed by atoms with Crippen molar-refractivity contribution in [2.45, 2.75) is 181 Å². The molecule has 1 atom stereocenters. The molecule has 0 bridgehead atoms. The molecule has 0 aromatic rings. The molecule has 31 heavy (non-hydrogen) atoms. The molecule has 0 radical (unpaired) electrons. The SMILES string of the molecule is CCCCCCCCC(CCCCC)N(CCCCCCCC)CCCCCCCC. The molecule has 0 aromatic carbocycles. The third-order valence-electron chi connectivity index (χ3n) is 7.15. The highest BCUT2D eigenvalue weighted by atomic mass is 15.1. The zero-order chi connectivity index (χ0) is 22.8. The van der Waals surface area contributed by atoms with Gasteiger partial charge in [0.05, 0.1) is 0 Å². The van der Waals surface area contributed by atoms with Crippen LogP contribution >= 0.6 is 0 Å². The Balaban J connectivity index is 4.54. The molecule has 0 saturated carbocycles. The Bertz CT molecular complexity index is 298. The van der Waals surface area contributed by atoms with Crippen molar-refractivity contribution in [3.05, 3.63) is 0 Å². The van der Waals surface area contributed by atoms with Gasteiger partial charge in [0.25, 0.3) is 0 Å². The van der Waals surface area contributed by atoms with Gasteiger partial charge in [0.15, 0.2) is 0 Å². The van der Waals surface area contributed by atoms with Crippen molar-refractivity contribution in [3.8, 4) is 0 Å². The summed E-state index contributed by atoms with van der Waals surface area (Å²) in [7, 11) is 0. The molecular weight excluding hydrogens is 374 g/mol. The van der Waals surface area contributed by atoms with Gasteiger partial charge < -0.3 is 4.90 Å². The van der Waals surface area contributed by atoms with Crippen molar-refractivity contribution < 1.29 is 0 Å². The van der Waals surface area contributed by atoms with Crippen LogP contribution in [-0.4, -0.2) is 24.0 Å². The number of unbranched alkanes of at least 4 members (excludes halogenated alkanes) is 17. The summed E-state index contributed by atoms with van der Waals surface area (Å²) in [4.78, 5) is 2.96. The summed E-state index contributed by atoms with van der Waals surface area (Å²) >= 11 is 0. The normalized spacial score (nSPS) is 12.7. The average Bonchev–Trinajstić information content (AvgIpc) is 2.78. The van der Waals surface area contributed by atoms with Gasteiger partial charge in [-0.05, 0) is 38.8 Å². The molecule has 0 aromatic heterocycles. The first-order valence-corrected chi connectivity index (χ1v) is 15.0. The summed E-state index contributed by atoms with van der Waals surface area (Å²) in [6, 6.07) is 0.865. The molecular formula is C30H63N. The maximum Gasteiger partial charge on any atom is 0.00952 e. The van der Waals surface area contributed by atoms with Crippen molar-refractivity contribution in [1.82, 2.24) is 4.90 Å². The minimum Gasteiger partial charge on any atom is -0.300 e. The smallest absolute Gasteiger partial charge is 0.00952 e. The predicted molar refractivity (Wildman–Crippen MR) is 144 cm³/mol. The molecule has 0 aliphatic heterocycles. The van der Waals surface area contributed by atoms with Crippen molar-refractivity contribution in [2.24, 2.45) is 0 Å². The molecule has 0 spiro atoms. The van der Waals surface area contributed by atoms with E-state index in [-0.39, 0.29) is 0 Å². The van der Waals surface area contributed by atoms with Gasteiger partial charge in [-0.3, -0.25) is 0 Å². The number of nitrogens with zero attached hydrogens (tertiary/aromatic N) is 1. The van der Waals surface area contributed by atoms with Crippen LogP contribution in [0.5, 0.6) is 0 Å². The van der Waals surface area contributed by atoms with E-state index in [1.54, 1.807) is 0 Å². The van der Waals surface area contributed by atoms with Crippen LogP contribution in [0.4, 0.5) is 0 Å². The Morgan fingerprint density at radius 2 is 0.645 bits per heavy atom. The zero-order valence-corrected chi connectivity index (χ0v) is 22.7. The van der Waals surface area contributed by atoms with E-state index >= 15 is 0 Å². The highest BCUT2D eigenvalue weighted by Crippen LogP contribution is 2.20. The van der Waals surface area contributed by atoms with E-state index in [0.29, 0.717) is 0 Å². The summed E-state index contributed by atoms with van der Waals surface area (Å²) in [5.41, 5.74) is 0. The Morgan fingerprint density at radius 1 is 0.355 bits per heavy atom. The quantitative estimate of drug-likeness (QED) is 0.122. The lowest BCUT2D eigenvalue weighted by Gasteiger charge is -2.32. The summed E-state index contributed by atoms with van der Waals surface area (Å²) < 4.78 is 0. The van der Waals surface area contributed by atoms with Crippen LogP contribution < -0.4 is 0 Å². The highest BCUT2D eigenvalue weighted by molar-refractivity contribution is 4.73. The highest BCUT2D eigenvalue weighted by Gasteiger charge is 2.17. The molecule has 0 N–H and O–H groups in total. The van der Waals surface area contributed by atoms with E-state index in [9.17, 15) is 0 Å². The predicted octanol–water partition coefficient (Wildman–Crippen LogP) is 10.7. The Labute approximate surface area is 199 Å². The van der Waals surface area contributed by atoms with Crippen LogP contribution in [-0.2, 0) is 0 Å². The molecule has 0 fully saturated rings. The first kappa shape index (κ1) is 31.0. The van der Waals surface area contributed by atoms with E-state index in [4.69, 9.17) is 0 Å². The minimum absolute atomic E-state index is 0.865. The van der Waals surface area contributed by atoms with Gasteiger partial charge in [0, 0.05) is 6.04 Å². The lowest BCUT2D eigenvalue weighted by atomic mass is 9.98. The lowest BCUT2D eigenvalue weighted by molar-refractivity contribution is 0.163. The third-order valence-corrected chi connectivity index (χ3v) is 7.15.